The molecule has 8 atom stereocenters. The number of amides is 2. The van der Waals surface area contributed by atoms with Crippen molar-refractivity contribution in [2.45, 2.75) is 108 Å². The molecule has 20 heteroatoms. The molecular weight excluding hydrogens is 973 g/mol. The van der Waals surface area contributed by atoms with E-state index in [1.807, 2.05) is 68.4 Å². The standard InChI is InChI=1S/C55H62N4O16/c1-30-11-16-36(17-12-30)72-45-29-69-27-40(59-53(63)47-49(61)43(67-6)22-24-57-47)55(65)71-33(4)51(45)75-41-20-13-31(2)25-38(41)34-14-18-37(19-15-34)73-44-28-68-26-39(58-52(62)46-48(60)42(66-5)21-23-56-46)54(64)70-32(3)50(44)74-35-9-7-8-10-35/h11-25,32-33,35,39-40,44-45,50-51,60-61H,7-10,26-29H2,1-6H3,(H,58,62)(H,59,63)/t32-,33-,39-,40-,44-,45-,50-,51-/m0/s1. The smallest absolute Gasteiger partial charge is 0.331 e. The van der Waals surface area contributed by atoms with Crippen LogP contribution in [0.3, 0.4) is 0 Å². The maximum atomic E-state index is 13.8. The van der Waals surface area contributed by atoms with E-state index in [2.05, 4.69) is 20.6 Å². The number of aromatic nitrogens is 2. The van der Waals surface area contributed by atoms with Gasteiger partial charge in [-0.2, -0.15) is 0 Å². The van der Waals surface area contributed by atoms with Crippen molar-refractivity contribution < 1.29 is 76.8 Å². The Morgan fingerprint density at radius 1 is 0.600 bits per heavy atom. The van der Waals surface area contributed by atoms with E-state index in [1.54, 1.807) is 26.0 Å². The second-order valence-electron chi connectivity index (χ2n) is 18.6. The molecule has 0 radical (unpaired) electrons. The van der Waals surface area contributed by atoms with Crippen LogP contribution in [-0.4, -0.2) is 139 Å². The molecule has 2 amide bonds. The van der Waals surface area contributed by atoms with Gasteiger partial charge in [0.1, 0.15) is 35.6 Å². The minimum absolute atomic E-state index is 0.0278. The molecule has 0 spiro atoms. The average molecular weight is 1040 g/mol. The third kappa shape index (κ3) is 13.2. The quantitative estimate of drug-likeness (QED) is 0.0880. The Morgan fingerprint density at radius 2 is 1.08 bits per heavy atom. The van der Waals surface area contributed by atoms with Crippen molar-refractivity contribution in [3.05, 3.63) is 114 Å². The third-order valence-corrected chi connectivity index (χ3v) is 13.0. The molecule has 3 aromatic carbocycles. The van der Waals surface area contributed by atoms with Crippen molar-refractivity contribution in [1.82, 2.24) is 20.6 Å². The number of aromatic hydroxyl groups is 2. The highest BCUT2D eigenvalue weighted by Gasteiger charge is 2.41. The molecule has 2 saturated heterocycles. The molecule has 2 aromatic heterocycles. The summed E-state index contributed by atoms with van der Waals surface area (Å²) >= 11 is 0. The largest absolute Gasteiger partial charge is 0.503 e. The second-order valence-corrected chi connectivity index (χ2v) is 18.6. The molecule has 1 saturated carbocycles. The van der Waals surface area contributed by atoms with Crippen LogP contribution >= 0.6 is 0 Å². The fourth-order valence-electron chi connectivity index (χ4n) is 9.01. The summed E-state index contributed by atoms with van der Waals surface area (Å²) in [5.41, 5.74) is 2.72. The molecule has 2 aliphatic heterocycles. The van der Waals surface area contributed by atoms with Gasteiger partial charge in [-0.25, -0.2) is 19.6 Å². The Balaban J connectivity index is 1.02. The molecule has 0 bridgehead atoms. The van der Waals surface area contributed by atoms with E-state index in [0.717, 1.165) is 42.4 Å². The molecule has 75 heavy (non-hydrogen) atoms. The van der Waals surface area contributed by atoms with Crippen LogP contribution < -0.4 is 34.3 Å². The Labute approximate surface area is 433 Å². The van der Waals surface area contributed by atoms with Gasteiger partial charge in [-0.05, 0) is 82.5 Å². The summed E-state index contributed by atoms with van der Waals surface area (Å²) in [5.74, 6) is -2.74. The van der Waals surface area contributed by atoms with Crippen LogP contribution in [-0.2, 0) is 33.3 Å². The molecule has 20 nitrogen and oxygen atoms in total. The first-order valence-corrected chi connectivity index (χ1v) is 24.7. The van der Waals surface area contributed by atoms with Crippen LogP contribution in [0.4, 0.5) is 0 Å². The lowest BCUT2D eigenvalue weighted by Crippen LogP contribution is -2.48. The van der Waals surface area contributed by atoms with Crippen LogP contribution in [0.2, 0.25) is 0 Å². The predicted octanol–water partition coefficient (Wildman–Crippen LogP) is 5.98. The Kier molecular flexibility index (Phi) is 17.6. The van der Waals surface area contributed by atoms with Gasteiger partial charge >= 0.3 is 11.9 Å². The Morgan fingerprint density at radius 3 is 1.60 bits per heavy atom. The number of cyclic esters (lactones) is 2. The molecule has 4 N–H and O–H groups in total. The van der Waals surface area contributed by atoms with E-state index in [0.29, 0.717) is 22.8 Å². The lowest BCUT2D eigenvalue weighted by Gasteiger charge is -2.33. The number of pyridine rings is 2. The van der Waals surface area contributed by atoms with Gasteiger partial charge < -0.3 is 68.2 Å². The summed E-state index contributed by atoms with van der Waals surface area (Å²) in [5, 5.41) is 26.3. The summed E-state index contributed by atoms with van der Waals surface area (Å²) in [6, 6.07) is 20.7. The zero-order valence-corrected chi connectivity index (χ0v) is 42.5. The van der Waals surface area contributed by atoms with Gasteiger partial charge in [-0.15, -0.1) is 0 Å². The van der Waals surface area contributed by atoms with Crippen LogP contribution in [0.15, 0.2) is 91.3 Å². The van der Waals surface area contributed by atoms with Crippen molar-refractivity contribution >= 4 is 23.8 Å². The summed E-state index contributed by atoms with van der Waals surface area (Å²) in [4.78, 5) is 62.0. The zero-order valence-electron chi connectivity index (χ0n) is 42.5. The number of ether oxygens (including phenoxy) is 10. The van der Waals surface area contributed by atoms with E-state index in [1.165, 1.54) is 38.7 Å². The molecule has 4 heterocycles. The molecule has 398 valence electrons. The van der Waals surface area contributed by atoms with E-state index < -0.39 is 84.0 Å². The highest BCUT2D eigenvalue weighted by Crippen LogP contribution is 2.36. The Hall–Kier alpha value is -7.68. The van der Waals surface area contributed by atoms with Gasteiger partial charge in [-0.3, -0.25) is 9.59 Å². The van der Waals surface area contributed by atoms with Crippen LogP contribution in [0, 0.1) is 13.8 Å². The summed E-state index contributed by atoms with van der Waals surface area (Å²) in [6.07, 6.45) is 1.00. The number of esters is 2. The SMILES string of the molecule is COc1ccnc(C(=O)N[C@H]2COC[C@H](Oc3ccc(C)cc3)[C@@H](Oc3ccc(C)cc3-c3ccc(O[C@H]4COC[C@H](NC(=O)c5nccc(OC)c5O)C(=O)O[C@@H](C)[C@@H]4OC4CCCC4)cc3)[C@H](C)OC2=O)c1O. The van der Waals surface area contributed by atoms with E-state index >= 15 is 0 Å². The summed E-state index contributed by atoms with van der Waals surface area (Å²) in [6.45, 7) is 6.58. The molecule has 5 aromatic rings. The highest BCUT2D eigenvalue weighted by atomic mass is 16.6. The fourth-order valence-corrected chi connectivity index (χ4v) is 9.01. The van der Waals surface area contributed by atoms with Crippen LogP contribution in [0.5, 0.6) is 40.2 Å². The molecule has 1 aliphatic carbocycles. The fraction of sp³-hybridized carbons (Fsp3) is 0.418. The lowest BCUT2D eigenvalue weighted by atomic mass is 10.0. The number of nitrogens with one attached hydrogen (secondary N) is 2. The molecular formula is C55H62N4O16. The molecule has 3 fully saturated rings. The topological polar surface area (TPSA) is 251 Å². The number of carbonyl (C=O) groups excluding carboxylic acids is 4. The second kappa shape index (κ2) is 24.6. The number of aryl methyl sites for hydroxylation is 2. The van der Waals surface area contributed by atoms with Gasteiger partial charge in [-0.1, -0.05) is 54.3 Å². The third-order valence-electron chi connectivity index (χ3n) is 13.0. The number of nitrogens with zero attached hydrogens (tertiary/aromatic N) is 2. The van der Waals surface area contributed by atoms with Crippen molar-refractivity contribution in [1.29, 1.82) is 0 Å². The number of carbonyl (C=O) groups is 4. The number of hydrogen-bond acceptors (Lipinski definition) is 18. The first-order chi connectivity index (χ1) is 36.2. The van der Waals surface area contributed by atoms with Gasteiger partial charge in [0.2, 0.25) is 0 Å². The van der Waals surface area contributed by atoms with Gasteiger partial charge in [0, 0.05) is 30.1 Å². The maximum Gasteiger partial charge on any atom is 0.331 e. The Bertz CT molecular complexity index is 2790. The van der Waals surface area contributed by atoms with Crippen LogP contribution in [0.25, 0.3) is 11.1 Å². The normalized spacial score (nSPS) is 23.5. The first kappa shape index (κ1) is 53.6. The number of benzene rings is 3. The minimum Gasteiger partial charge on any atom is -0.503 e. The van der Waals surface area contributed by atoms with Gasteiger partial charge in [0.15, 0.2) is 64.8 Å². The molecule has 3 aliphatic rings. The van der Waals surface area contributed by atoms with E-state index in [9.17, 15) is 29.4 Å². The highest BCUT2D eigenvalue weighted by molar-refractivity contribution is 5.98. The van der Waals surface area contributed by atoms with Gasteiger partial charge in [0.05, 0.1) is 46.8 Å². The predicted molar refractivity (Wildman–Crippen MR) is 268 cm³/mol. The number of hydrogen-bond donors (Lipinski definition) is 4. The monoisotopic (exact) mass is 1030 g/mol. The van der Waals surface area contributed by atoms with Crippen molar-refractivity contribution in [3.8, 4) is 51.4 Å². The maximum absolute atomic E-state index is 13.8. The lowest BCUT2D eigenvalue weighted by molar-refractivity contribution is -0.167. The summed E-state index contributed by atoms with van der Waals surface area (Å²) in [7, 11) is 2.68. The number of rotatable bonds is 15. The zero-order chi connectivity index (χ0) is 53.2. The van der Waals surface area contributed by atoms with Crippen molar-refractivity contribution in [2.75, 3.05) is 40.6 Å². The van der Waals surface area contributed by atoms with Crippen molar-refractivity contribution in [3.63, 3.8) is 0 Å². The van der Waals surface area contributed by atoms with E-state index in [4.69, 9.17) is 47.4 Å². The minimum atomic E-state index is -1.30. The van der Waals surface area contributed by atoms with Gasteiger partial charge in [0.25, 0.3) is 11.8 Å². The van der Waals surface area contributed by atoms with Crippen LogP contribution in [0.1, 0.15) is 71.6 Å². The molecule has 0 unspecified atom stereocenters. The first-order valence-electron chi connectivity index (χ1n) is 24.7. The van der Waals surface area contributed by atoms with Crippen molar-refractivity contribution in [2.24, 2.45) is 0 Å². The number of methoxy groups -OCH3 is 2. The summed E-state index contributed by atoms with van der Waals surface area (Å²) < 4.78 is 61.0. The average Bonchev–Trinajstić information content (AvgIpc) is 3.94. The van der Waals surface area contributed by atoms with E-state index in [-0.39, 0.29) is 55.4 Å². The molecule has 8 rings (SSSR count).